The maximum absolute atomic E-state index is 13.8. The predicted molar refractivity (Wildman–Crippen MR) is 117 cm³/mol. The van der Waals surface area contributed by atoms with Crippen molar-refractivity contribution in [2.24, 2.45) is 11.7 Å². The lowest BCUT2D eigenvalue weighted by Crippen LogP contribution is -2.55. The molecule has 1 aromatic rings. The van der Waals surface area contributed by atoms with Crippen molar-refractivity contribution >= 4 is 23.8 Å². The predicted octanol–water partition coefficient (Wildman–Crippen LogP) is 1.72. The number of carbonyl (C=O) groups excluding carboxylic acids is 4. The highest BCUT2D eigenvalue weighted by molar-refractivity contribution is 6.18. The Morgan fingerprint density at radius 3 is 2.42 bits per heavy atom. The Balaban J connectivity index is 2.01. The number of ketones is 2. The van der Waals surface area contributed by atoms with Crippen LogP contribution in [0.3, 0.4) is 0 Å². The fraction of sp³-hybridized carbons (Fsp3) is 0.417. The van der Waals surface area contributed by atoms with Gasteiger partial charge in [-0.25, -0.2) is 0 Å². The first-order valence-corrected chi connectivity index (χ1v) is 10.5. The average molecular weight is 424 g/mol. The van der Waals surface area contributed by atoms with Gasteiger partial charge in [-0.2, -0.15) is 0 Å². The van der Waals surface area contributed by atoms with Gasteiger partial charge in [-0.05, 0) is 24.3 Å². The highest BCUT2D eigenvalue weighted by Gasteiger charge is 2.55. The minimum absolute atomic E-state index is 0.187. The fourth-order valence-corrected chi connectivity index (χ4v) is 4.62. The molecular formula is C24H29N3O4. The molecule has 0 aliphatic carbocycles. The number of primary amides is 1. The number of nitrogens with one attached hydrogen (secondary N) is 2. The Kier molecular flexibility index (Phi) is 6.43. The van der Waals surface area contributed by atoms with Gasteiger partial charge in [0.25, 0.3) is 0 Å². The standard InChI is InChI=1S/C24H29N3O4/c1-16(2)12-23(9-6-10-28)22(31)19(15-26-23)24(13-17-7-4-3-5-8-17)21(30)18(14-27-24)11-20(25)29/h3-5,7-8,10,14-16,26-27H,6,9,11-13H2,1-2H3,(H2,25,29). The van der Waals surface area contributed by atoms with Crippen molar-refractivity contribution in [1.29, 1.82) is 0 Å². The number of rotatable bonds is 10. The van der Waals surface area contributed by atoms with Crippen LogP contribution in [0.15, 0.2) is 53.9 Å². The van der Waals surface area contributed by atoms with E-state index in [1.807, 2.05) is 44.2 Å². The number of Topliss-reactive ketones (excluding diaryl/α,β-unsaturated/α-hetero) is 2. The minimum Gasteiger partial charge on any atom is -0.378 e. The van der Waals surface area contributed by atoms with Crippen molar-refractivity contribution in [3.8, 4) is 0 Å². The number of hydrogen-bond acceptors (Lipinski definition) is 6. The summed E-state index contributed by atoms with van der Waals surface area (Å²) in [5.74, 6) is -0.917. The van der Waals surface area contributed by atoms with E-state index in [-0.39, 0.29) is 42.3 Å². The van der Waals surface area contributed by atoms with Crippen LogP contribution in [0.4, 0.5) is 0 Å². The summed E-state index contributed by atoms with van der Waals surface area (Å²) in [4.78, 5) is 49.8. The van der Waals surface area contributed by atoms with Crippen LogP contribution in [-0.2, 0) is 25.6 Å². The average Bonchev–Trinajstić information content (AvgIpc) is 3.19. The summed E-state index contributed by atoms with van der Waals surface area (Å²) in [7, 11) is 0. The van der Waals surface area contributed by atoms with E-state index >= 15 is 0 Å². The van der Waals surface area contributed by atoms with Crippen LogP contribution < -0.4 is 16.4 Å². The van der Waals surface area contributed by atoms with Gasteiger partial charge < -0.3 is 21.2 Å². The van der Waals surface area contributed by atoms with E-state index in [0.29, 0.717) is 18.4 Å². The van der Waals surface area contributed by atoms with Crippen LogP contribution in [0.1, 0.15) is 45.1 Å². The van der Waals surface area contributed by atoms with Gasteiger partial charge in [0.15, 0.2) is 11.6 Å². The van der Waals surface area contributed by atoms with E-state index in [2.05, 4.69) is 10.6 Å². The molecule has 31 heavy (non-hydrogen) atoms. The zero-order chi connectivity index (χ0) is 22.6. The summed E-state index contributed by atoms with van der Waals surface area (Å²) in [5, 5.41) is 6.35. The van der Waals surface area contributed by atoms with E-state index in [1.165, 1.54) is 6.20 Å². The van der Waals surface area contributed by atoms with E-state index < -0.39 is 17.0 Å². The van der Waals surface area contributed by atoms with Crippen molar-refractivity contribution in [3.05, 3.63) is 59.4 Å². The number of benzene rings is 1. The Bertz CT molecular complexity index is 951. The lowest BCUT2D eigenvalue weighted by molar-refractivity contribution is -0.126. The molecule has 0 spiro atoms. The molecule has 2 atom stereocenters. The molecule has 1 amide bonds. The van der Waals surface area contributed by atoms with Crippen molar-refractivity contribution in [1.82, 2.24) is 10.6 Å². The second-order valence-corrected chi connectivity index (χ2v) is 8.77. The zero-order valence-corrected chi connectivity index (χ0v) is 17.9. The molecule has 0 radical (unpaired) electrons. The van der Waals surface area contributed by atoms with Crippen LogP contribution in [0.25, 0.3) is 0 Å². The second kappa shape index (κ2) is 8.88. The van der Waals surface area contributed by atoms with Gasteiger partial charge in [0, 0.05) is 36.4 Å². The topological polar surface area (TPSA) is 118 Å². The molecule has 0 bridgehead atoms. The Labute approximate surface area is 182 Å². The first-order chi connectivity index (χ1) is 14.7. The normalized spacial score (nSPS) is 25.1. The first-order valence-electron chi connectivity index (χ1n) is 10.5. The molecule has 4 N–H and O–H groups in total. The number of hydrogen-bond donors (Lipinski definition) is 3. The maximum Gasteiger partial charge on any atom is 0.222 e. The van der Waals surface area contributed by atoms with Crippen LogP contribution in [0, 0.1) is 5.92 Å². The molecule has 3 rings (SSSR count). The number of carbonyl (C=O) groups is 4. The molecule has 2 unspecified atom stereocenters. The monoisotopic (exact) mass is 423 g/mol. The van der Waals surface area contributed by atoms with Gasteiger partial charge in [-0.3, -0.25) is 14.4 Å². The second-order valence-electron chi connectivity index (χ2n) is 8.77. The van der Waals surface area contributed by atoms with E-state index in [4.69, 9.17) is 5.73 Å². The van der Waals surface area contributed by atoms with Gasteiger partial charge in [-0.1, -0.05) is 44.2 Å². The lowest BCUT2D eigenvalue weighted by Gasteiger charge is -2.34. The molecule has 0 fully saturated rings. The molecular weight excluding hydrogens is 394 g/mol. The van der Waals surface area contributed by atoms with Crippen LogP contribution >= 0.6 is 0 Å². The van der Waals surface area contributed by atoms with E-state index in [1.54, 1.807) is 6.20 Å². The smallest absolute Gasteiger partial charge is 0.222 e. The lowest BCUT2D eigenvalue weighted by atomic mass is 9.73. The molecule has 0 saturated heterocycles. The van der Waals surface area contributed by atoms with Gasteiger partial charge in [0.1, 0.15) is 17.4 Å². The van der Waals surface area contributed by atoms with Gasteiger partial charge in [0.2, 0.25) is 5.91 Å². The molecule has 164 valence electrons. The quantitative estimate of drug-likeness (QED) is 0.493. The molecule has 1 aromatic carbocycles. The molecule has 0 saturated carbocycles. The highest BCUT2D eigenvalue weighted by Crippen LogP contribution is 2.39. The molecule has 2 heterocycles. The van der Waals surface area contributed by atoms with Crippen molar-refractivity contribution in [2.45, 2.75) is 57.0 Å². The Morgan fingerprint density at radius 1 is 1.10 bits per heavy atom. The summed E-state index contributed by atoms with van der Waals surface area (Å²) in [6.07, 6.45) is 5.10. The Hall–Kier alpha value is -3.22. The van der Waals surface area contributed by atoms with Crippen molar-refractivity contribution in [2.75, 3.05) is 0 Å². The van der Waals surface area contributed by atoms with Crippen LogP contribution in [0.2, 0.25) is 0 Å². The molecule has 0 aromatic heterocycles. The van der Waals surface area contributed by atoms with Crippen LogP contribution in [-0.4, -0.2) is 34.8 Å². The zero-order valence-electron chi connectivity index (χ0n) is 17.9. The summed E-state index contributed by atoms with van der Waals surface area (Å²) < 4.78 is 0. The molecule has 2 aliphatic heterocycles. The number of aldehydes is 1. The summed E-state index contributed by atoms with van der Waals surface area (Å²) in [6.45, 7) is 4.03. The third-order valence-electron chi connectivity index (χ3n) is 5.93. The van der Waals surface area contributed by atoms with Crippen LogP contribution in [0.5, 0.6) is 0 Å². The highest BCUT2D eigenvalue weighted by atomic mass is 16.2. The molecule has 7 nitrogen and oxygen atoms in total. The number of nitrogens with two attached hydrogens (primary N) is 1. The maximum atomic E-state index is 13.8. The van der Waals surface area contributed by atoms with Crippen molar-refractivity contribution in [3.63, 3.8) is 0 Å². The molecule has 7 heteroatoms. The summed E-state index contributed by atoms with van der Waals surface area (Å²) in [5.41, 5.74) is 4.52. The van der Waals surface area contributed by atoms with Gasteiger partial charge in [-0.15, -0.1) is 0 Å². The third-order valence-corrected chi connectivity index (χ3v) is 5.93. The van der Waals surface area contributed by atoms with E-state index in [9.17, 15) is 19.2 Å². The largest absolute Gasteiger partial charge is 0.378 e. The Morgan fingerprint density at radius 2 is 1.81 bits per heavy atom. The van der Waals surface area contributed by atoms with Gasteiger partial charge in [0.05, 0.1) is 6.42 Å². The summed E-state index contributed by atoms with van der Waals surface area (Å²) in [6, 6.07) is 9.41. The van der Waals surface area contributed by atoms with Crippen molar-refractivity contribution < 1.29 is 19.2 Å². The summed E-state index contributed by atoms with van der Waals surface area (Å²) >= 11 is 0. The first kappa shape index (κ1) is 22.5. The minimum atomic E-state index is -1.32. The van der Waals surface area contributed by atoms with Gasteiger partial charge >= 0.3 is 0 Å². The fourth-order valence-electron chi connectivity index (χ4n) is 4.62. The molecule has 2 aliphatic rings. The SMILES string of the molecule is CC(C)CC1(CCC=O)NC=C(C2(Cc3ccccc3)NC=C(CC(N)=O)C2=O)C1=O. The third kappa shape index (κ3) is 4.31. The van der Waals surface area contributed by atoms with E-state index in [0.717, 1.165) is 11.8 Å². The number of amides is 1.